The Bertz CT molecular complexity index is 970. The van der Waals surface area contributed by atoms with Gasteiger partial charge in [0.05, 0.1) is 31.3 Å². The highest BCUT2D eigenvalue weighted by Crippen LogP contribution is 2.47. The van der Waals surface area contributed by atoms with Crippen molar-refractivity contribution in [3.05, 3.63) is 48.0 Å². The Kier molecular flexibility index (Phi) is 7.90. The fourth-order valence-corrected chi connectivity index (χ4v) is 5.31. The molecule has 1 N–H and O–H groups in total. The van der Waals surface area contributed by atoms with E-state index < -0.39 is 36.0 Å². The van der Waals surface area contributed by atoms with Crippen LogP contribution in [0.4, 0.5) is 0 Å². The van der Waals surface area contributed by atoms with Crippen molar-refractivity contribution in [2.45, 2.75) is 64.3 Å². The Morgan fingerprint density at radius 1 is 1.21 bits per heavy atom. The van der Waals surface area contributed by atoms with Crippen molar-refractivity contribution >= 4 is 16.7 Å². The molecule has 1 unspecified atom stereocenters. The zero-order valence-corrected chi connectivity index (χ0v) is 20.4. The Morgan fingerprint density at radius 2 is 1.97 bits per heavy atom. The van der Waals surface area contributed by atoms with Gasteiger partial charge in [-0.15, -0.1) is 0 Å². The molecule has 0 bridgehead atoms. The molecule has 186 valence electrons. The van der Waals surface area contributed by atoms with Crippen LogP contribution in [0.2, 0.25) is 0 Å². The van der Waals surface area contributed by atoms with Crippen LogP contribution in [0.1, 0.15) is 39.2 Å². The van der Waals surface area contributed by atoms with Gasteiger partial charge < -0.3 is 28.8 Å². The standard InChI is InChI=1S/C27H36O7/c1-17-19(3)27(12-7-13-33-27)34-25(23(17)32-16-30-4)24(18(2)26(28)29)31-15-20-10-11-21-8-5-6-9-22(21)14-20/h5-6,8-11,14,17-19,23-25H,7,12-13,15-16H2,1-4H3,(H,28,29)/t17-,18-,19-,23+,24-,25?,27+/m0/s1. The van der Waals surface area contributed by atoms with Crippen LogP contribution in [0.5, 0.6) is 0 Å². The summed E-state index contributed by atoms with van der Waals surface area (Å²) in [4.78, 5) is 12.1. The van der Waals surface area contributed by atoms with Gasteiger partial charge in [-0.3, -0.25) is 4.79 Å². The van der Waals surface area contributed by atoms with E-state index in [4.69, 9.17) is 23.7 Å². The van der Waals surface area contributed by atoms with Crippen LogP contribution in [-0.2, 0) is 35.1 Å². The summed E-state index contributed by atoms with van der Waals surface area (Å²) in [6, 6.07) is 14.3. The van der Waals surface area contributed by atoms with E-state index in [1.165, 1.54) is 0 Å². The minimum Gasteiger partial charge on any atom is -0.481 e. The molecule has 0 saturated carbocycles. The van der Waals surface area contributed by atoms with Crippen LogP contribution in [-0.4, -0.2) is 55.7 Å². The van der Waals surface area contributed by atoms with Gasteiger partial charge in [0.15, 0.2) is 5.79 Å². The second-order valence-electron chi connectivity index (χ2n) is 9.62. The monoisotopic (exact) mass is 472 g/mol. The third kappa shape index (κ3) is 4.99. The van der Waals surface area contributed by atoms with E-state index in [0.717, 1.165) is 29.2 Å². The van der Waals surface area contributed by atoms with Gasteiger partial charge in [0.1, 0.15) is 12.9 Å². The Labute approximate surface area is 201 Å². The molecule has 2 saturated heterocycles. The Hall–Kier alpha value is -2.03. The normalized spacial score (nSPS) is 31.1. The van der Waals surface area contributed by atoms with Crippen LogP contribution in [0.15, 0.2) is 42.5 Å². The van der Waals surface area contributed by atoms with E-state index in [1.54, 1.807) is 14.0 Å². The Morgan fingerprint density at radius 3 is 2.65 bits per heavy atom. The van der Waals surface area contributed by atoms with Crippen molar-refractivity contribution in [1.82, 2.24) is 0 Å². The van der Waals surface area contributed by atoms with Gasteiger partial charge in [0.25, 0.3) is 0 Å². The summed E-state index contributed by atoms with van der Waals surface area (Å²) < 4.78 is 30.4. The minimum absolute atomic E-state index is 0.0553. The van der Waals surface area contributed by atoms with E-state index in [0.29, 0.717) is 6.61 Å². The lowest BCUT2D eigenvalue weighted by Crippen LogP contribution is -2.62. The molecule has 0 radical (unpaired) electrons. The predicted molar refractivity (Wildman–Crippen MR) is 127 cm³/mol. The molecule has 7 heteroatoms. The average molecular weight is 473 g/mol. The quantitative estimate of drug-likeness (QED) is 0.534. The van der Waals surface area contributed by atoms with Crippen LogP contribution in [0.3, 0.4) is 0 Å². The summed E-state index contributed by atoms with van der Waals surface area (Å²) >= 11 is 0. The molecule has 7 nitrogen and oxygen atoms in total. The van der Waals surface area contributed by atoms with Crippen molar-refractivity contribution in [1.29, 1.82) is 0 Å². The molecule has 0 aliphatic carbocycles. The summed E-state index contributed by atoms with van der Waals surface area (Å²) in [7, 11) is 1.57. The first kappa shape index (κ1) is 25.1. The first-order valence-corrected chi connectivity index (χ1v) is 12.1. The maximum atomic E-state index is 12.1. The zero-order chi connectivity index (χ0) is 24.3. The molecule has 1 spiro atoms. The molecule has 34 heavy (non-hydrogen) atoms. The van der Waals surface area contributed by atoms with Gasteiger partial charge in [0, 0.05) is 19.4 Å². The lowest BCUT2D eigenvalue weighted by Gasteiger charge is -2.51. The number of carboxylic acid groups (broad SMARTS) is 1. The van der Waals surface area contributed by atoms with Crippen molar-refractivity contribution in [3.8, 4) is 0 Å². The number of ether oxygens (including phenoxy) is 5. The maximum Gasteiger partial charge on any atom is 0.308 e. The van der Waals surface area contributed by atoms with Crippen molar-refractivity contribution in [3.63, 3.8) is 0 Å². The van der Waals surface area contributed by atoms with Gasteiger partial charge in [-0.05, 0) is 41.7 Å². The predicted octanol–water partition coefficient (Wildman–Crippen LogP) is 4.61. The highest BCUT2D eigenvalue weighted by Gasteiger charge is 2.56. The third-order valence-electron chi connectivity index (χ3n) is 7.52. The molecule has 7 atom stereocenters. The molecule has 0 aromatic heterocycles. The van der Waals surface area contributed by atoms with Crippen LogP contribution in [0, 0.1) is 17.8 Å². The van der Waals surface area contributed by atoms with Crippen LogP contribution < -0.4 is 0 Å². The van der Waals surface area contributed by atoms with E-state index in [9.17, 15) is 9.90 Å². The molecule has 2 aliphatic rings. The number of hydrogen-bond donors (Lipinski definition) is 1. The lowest BCUT2D eigenvalue weighted by molar-refractivity contribution is -0.347. The number of aliphatic carboxylic acids is 1. The van der Waals surface area contributed by atoms with E-state index in [2.05, 4.69) is 38.1 Å². The number of rotatable bonds is 9. The molecule has 2 fully saturated rings. The van der Waals surface area contributed by atoms with Crippen LogP contribution >= 0.6 is 0 Å². The maximum absolute atomic E-state index is 12.1. The first-order chi connectivity index (χ1) is 16.4. The second-order valence-corrected chi connectivity index (χ2v) is 9.62. The molecule has 2 heterocycles. The van der Waals surface area contributed by atoms with Crippen LogP contribution in [0.25, 0.3) is 10.8 Å². The number of benzene rings is 2. The van der Waals surface area contributed by atoms with Gasteiger partial charge in [-0.1, -0.05) is 50.2 Å². The largest absolute Gasteiger partial charge is 0.481 e. The second kappa shape index (κ2) is 10.7. The highest BCUT2D eigenvalue weighted by molar-refractivity contribution is 5.82. The summed E-state index contributed by atoms with van der Waals surface area (Å²) in [6.07, 6.45) is -0.0731. The average Bonchev–Trinajstić information content (AvgIpc) is 3.31. The lowest BCUT2D eigenvalue weighted by atomic mass is 9.76. The molecule has 2 aliphatic heterocycles. The number of methoxy groups -OCH3 is 1. The molecule has 2 aromatic carbocycles. The zero-order valence-electron chi connectivity index (χ0n) is 20.4. The molecular formula is C27H36O7. The van der Waals surface area contributed by atoms with Gasteiger partial charge in [-0.2, -0.15) is 0 Å². The van der Waals surface area contributed by atoms with Gasteiger partial charge in [-0.25, -0.2) is 0 Å². The van der Waals surface area contributed by atoms with Crippen molar-refractivity contribution < 1.29 is 33.6 Å². The summed E-state index contributed by atoms with van der Waals surface area (Å²) in [5.41, 5.74) is 0.972. The summed E-state index contributed by atoms with van der Waals surface area (Å²) in [5, 5.41) is 12.2. The van der Waals surface area contributed by atoms with Gasteiger partial charge >= 0.3 is 5.97 Å². The van der Waals surface area contributed by atoms with Crippen molar-refractivity contribution in [2.75, 3.05) is 20.5 Å². The minimum atomic E-state index is -0.940. The first-order valence-electron chi connectivity index (χ1n) is 12.1. The molecule has 0 amide bonds. The topological polar surface area (TPSA) is 83.5 Å². The smallest absolute Gasteiger partial charge is 0.308 e. The number of fused-ring (bicyclic) bond motifs is 1. The molecule has 2 aromatic rings. The highest BCUT2D eigenvalue weighted by atomic mass is 16.7. The SMILES string of the molecule is COCO[C@H]1C([C@@H](OCc2ccc3ccccc3c2)[C@H](C)C(=O)O)O[C@]2(CCCO2)[C@@H](C)[C@@H]1C. The fraction of sp³-hybridized carbons (Fsp3) is 0.593. The molecular weight excluding hydrogens is 436 g/mol. The third-order valence-corrected chi connectivity index (χ3v) is 7.52. The van der Waals surface area contributed by atoms with E-state index in [1.807, 2.05) is 18.2 Å². The summed E-state index contributed by atoms with van der Waals surface area (Å²) in [5.74, 6) is -2.36. The van der Waals surface area contributed by atoms with Crippen molar-refractivity contribution in [2.24, 2.45) is 17.8 Å². The van der Waals surface area contributed by atoms with E-state index >= 15 is 0 Å². The number of carbonyl (C=O) groups is 1. The van der Waals surface area contributed by atoms with Gasteiger partial charge in [0.2, 0.25) is 0 Å². The summed E-state index contributed by atoms with van der Waals surface area (Å²) in [6.45, 7) is 6.87. The Balaban J connectivity index is 1.62. The fourth-order valence-electron chi connectivity index (χ4n) is 5.31. The number of hydrogen-bond acceptors (Lipinski definition) is 6. The van der Waals surface area contributed by atoms with E-state index in [-0.39, 0.29) is 25.2 Å². The molecule has 4 rings (SSSR count). The number of carboxylic acids is 1.